The molecule has 0 bridgehead atoms. The normalized spacial score (nSPS) is 30.1. The number of nitrogens with two attached hydrogens (primary N) is 3. The number of phosphoric acid groups is 4. The lowest BCUT2D eigenvalue weighted by Gasteiger charge is -2.34. The van der Waals surface area contributed by atoms with Gasteiger partial charge in [0.2, 0.25) is 11.9 Å². The van der Waals surface area contributed by atoms with E-state index in [4.69, 9.17) is 59.6 Å². The number of nitrogens with zero attached hydrogens (tertiary/aromatic N) is 10. The molecule has 7 unspecified atom stereocenters. The standard InChI is InChI=1S/C36H53N15O25P4/c1-13(2)69-23-16(71-32(21(23)53)50-11-43-18-28(50)44-35(38)46-30(18)54)8-67-77(56,57)73-24-14(72-34(25(24)65-5)49-10-42-17-26(37)40-9-41-27(17)49)6-66-74-79(60,61)76-80(62,63)75-78(58,59)68-7-15-22(64-4)20(52)33(70-15)51-12-48(3)19-29(51)45-36(39)47-31(19)55/h9-11,13-16,20-25,32-34,52-53H,6-8,12H2,1-5H3,(H,56,57)(H,58,59)(H,60,61)(H,62,63)(H2,37,40,41)(H3,38,44,46,54)(H3,39,45,47,55)/p-4/t14-,15-,16-,20?,21+,22+,23?,24?,25+,32-,33-,34-/m1/s1. The van der Waals surface area contributed by atoms with E-state index >= 15 is 0 Å². The maximum Gasteiger partial charge on any atom is 0.304 e. The molecule has 4 aliphatic rings. The van der Waals surface area contributed by atoms with Gasteiger partial charge in [0.1, 0.15) is 79.1 Å². The number of nitrogens with one attached hydrogen (secondary N) is 2. The van der Waals surface area contributed by atoms with Gasteiger partial charge in [-0.25, -0.2) is 33.4 Å². The molecule has 0 aliphatic carbocycles. The number of ether oxygens (including phenoxy) is 6. The van der Waals surface area contributed by atoms with Crippen molar-refractivity contribution in [2.24, 2.45) is 0 Å². The molecule has 0 spiro atoms. The summed E-state index contributed by atoms with van der Waals surface area (Å²) >= 11 is 0. The van der Waals surface area contributed by atoms with Gasteiger partial charge in [-0.3, -0.25) is 47.0 Å². The van der Waals surface area contributed by atoms with E-state index < -0.39 is 142 Å². The van der Waals surface area contributed by atoms with Crippen molar-refractivity contribution >= 4 is 82.8 Å². The topological polar surface area (TPSA) is 558 Å². The van der Waals surface area contributed by atoms with Crippen LogP contribution in [0, 0.1) is 0 Å². The monoisotopic (exact) mass is 1220 g/mol. The Balaban J connectivity index is 0.853. The van der Waals surface area contributed by atoms with Gasteiger partial charge >= 0.3 is 7.82 Å². The Morgan fingerprint density at radius 3 is 1.96 bits per heavy atom. The van der Waals surface area contributed by atoms with E-state index in [1.54, 1.807) is 13.8 Å². The number of aromatic amines is 2. The molecule has 4 aliphatic heterocycles. The van der Waals surface area contributed by atoms with Gasteiger partial charge in [-0.1, -0.05) is 0 Å². The van der Waals surface area contributed by atoms with Gasteiger partial charge in [-0.05, 0) is 13.8 Å². The Kier molecular flexibility index (Phi) is 17.1. The molecule has 44 heteroatoms. The maximum atomic E-state index is 13.8. The van der Waals surface area contributed by atoms with E-state index in [0.717, 1.165) is 33.2 Å². The number of H-pyrrole nitrogens is 2. The first kappa shape index (κ1) is 59.6. The summed E-state index contributed by atoms with van der Waals surface area (Å²) in [6, 6.07) is 0. The summed E-state index contributed by atoms with van der Waals surface area (Å²) in [6.45, 7) is -0.0566. The second-order valence-corrected chi connectivity index (χ2v) is 23.8. The highest BCUT2D eigenvalue weighted by Gasteiger charge is 2.52. The van der Waals surface area contributed by atoms with Crippen LogP contribution in [0.3, 0.4) is 0 Å². The fourth-order valence-corrected chi connectivity index (χ4v) is 13.3. The number of fused-ring (bicyclic) bond motifs is 3. The van der Waals surface area contributed by atoms with Gasteiger partial charge in [-0.15, -0.1) is 0 Å². The van der Waals surface area contributed by atoms with Crippen molar-refractivity contribution in [1.82, 2.24) is 49.0 Å². The lowest BCUT2D eigenvalue weighted by atomic mass is 10.1. The quantitative estimate of drug-likeness (QED) is 0.0183. The Hall–Kier alpha value is -5.06. The highest BCUT2D eigenvalue weighted by molar-refractivity contribution is 7.65. The molecule has 80 heavy (non-hydrogen) atoms. The van der Waals surface area contributed by atoms with Crippen molar-refractivity contribution in [3.63, 3.8) is 0 Å². The van der Waals surface area contributed by atoms with Crippen LogP contribution in [0.4, 0.5) is 29.2 Å². The first-order valence-corrected chi connectivity index (χ1v) is 29.0. The van der Waals surface area contributed by atoms with Crippen LogP contribution in [-0.4, -0.2) is 174 Å². The molecule has 3 fully saturated rings. The highest BCUT2D eigenvalue weighted by Crippen LogP contribution is 2.63. The molecule has 442 valence electrons. The third kappa shape index (κ3) is 12.3. The highest BCUT2D eigenvalue weighted by atomic mass is 31.3. The average molecular weight is 1220 g/mol. The van der Waals surface area contributed by atoms with E-state index in [2.05, 4.69) is 57.7 Å². The molecule has 9 rings (SSSR count). The lowest BCUT2D eigenvalue weighted by molar-refractivity contribution is -0.314. The largest absolute Gasteiger partial charge is 0.756 e. The minimum absolute atomic E-state index is 0.0103. The number of imidazole rings is 2. The number of hydrogen-bond acceptors (Lipinski definition) is 36. The van der Waals surface area contributed by atoms with Crippen molar-refractivity contribution in [3.05, 3.63) is 39.7 Å². The fraction of sp³-hybridized carbons (Fsp3) is 0.611. The summed E-state index contributed by atoms with van der Waals surface area (Å²) < 4.78 is 116. The van der Waals surface area contributed by atoms with Gasteiger partial charge in [-0.2, -0.15) is 14.6 Å². The lowest BCUT2D eigenvalue weighted by Crippen LogP contribution is -2.46. The van der Waals surface area contributed by atoms with Gasteiger partial charge in [0.05, 0.1) is 38.6 Å². The number of rotatable bonds is 23. The Bertz CT molecular complexity index is 3410. The smallest absolute Gasteiger partial charge is 0.304 e. The minimum atomic E-state index is -6.55. The Morgan fingerprint density at radius 2 is 1.27 bits per heavy atom. The third-order valence-corrected chi connectivity index (χ3v) is 17.2. The number of aromatic nitrogens is 10. The second kappa shape index (κ2) is 22.9. The van der Waals surface area contributed by atoms with Gasteiger partial charge in [0, 0.05) is 21.3 Å². The molecule has 0 saturated carbocycles. The number of nitrogen functional groups attached to an aromatic ring is 3. The molecule has 0 aromatic carbocycles. The molecular formula is C36H49N15O25P4-4. The number of methoxy groups -OCH3 is 2. The SMILES string of the molecule is CO[C@@H]1C(O)[C@H](N2CN(C)c3c2nc(N)[nH]c3=O)O[C@@H]1COP(=O)([O-])OP(=O)([O-])OP(=O)([O-])OOC[C@H]1O[C@@H](n2cnc3c(N)ncnc32)[C@@H](OC)C1OP(=O)([O-])OC[C@H]1O[C@@H](n2cnc3c(=O)[nH]c(N)nc32)[C@@H](O)C1OC(C)C. The van der Waals surface area contributed by atoms with E-state index in [0.29, 0.717) is 0 Å². The maximum absolute atomic E-state index is 13.8. The zero-order valence-electron chi connectivity index (χ0n) is 41.8. The van der Waals surface area contributed by atoms with E-state index in [9.17, 15) is 57.6 Å². The minimum Gasteiger partial charge on any atom is -0.756 e. The predicted molar refractivity (Wildman–Crippen MR) is 254 cm³/mol. The number of anilines is 5. The number of aliphatic hydroxyl groups excluding tert-OH is 2. The van der Waals surface area contributed by atoms with Crippen LogP contribution in [0.5, 0.6) is 0 Å². The van der Waals surface area contributed by atoms with Crippen LogP contribution in [0.25, 0.3) is 22.3 Å². The van der Waals surface area contributed by atoms with Crippen molar-refractivity contribution in [2.45, 2.75) is 93.6 Å². The summed E-state index contributed by atoms with van der Waals surface area (Å²) in [5.41, 5.74) is 15.9. The second-order valence-electron chi connectivity index (χ2n) is 18.0. The summed E-state index contributed by atoms with van der Waals surface area (Å²) in [7, 11) is -21.0. The van der Waals surface area contributed by atoms with Crippen LogP contribution in [0.15, 0.2) is 28.6 Å². The summed E-state index contributed by atoms with van der Waals surface area (Å²) in [4.78, 5) is 114. The fourth-order valence-electron chi connectivity index (χ4n) is 9.15. The first-order chi connectivity index (χ1) is 37.6. The number of phosphoric ester groups is 2. The predicted octanol–water partition coefficient (Wildman–Crippen LogP) is -4.96. The van der Waals surface area contributed by atoms with Crippen LogP contribution in [-0.2, 0) is 78.4 Å². The molecule has 5 aromatic heterocycles. The van der Waals surface area contributed by atoms with Crippen molar-refractivity contribution < 1.29 is 108 Å². The molecular weight excluding hydrogens is 1170 g/mol. The van der Waals surface area contributed by atoms with Crippen molar-refractivity contribution in [2.75, 3.05) is 74.8 Å². The number of hydrogen-bond donors (Lipinski definition) is 7. The summed E-state index contributed by atoms with van der Waals surface area (Å²) in [6.07, 6.45) is -15.4. The first-order valence-electron chi connectivity index (χ1n) is 23.1. The molecule has 3 saturated heterocycles. The molecule has 16 atom stereocenters. The van der Waals surface area contributed by atoms with E-state index in [1.807, 2.05) is 0 Å². The summed E-state index contributed by atoms with van der Waals surface area (Å²) in [5, 5.41) is 22.5. The molecule has 40 nitrogen and oxygen atoms in total. The molecule has 10 N–H and O–H groups in total. The van der Waals surface area contributed by atoms with Crippen LogP contribution < -0.4 is 57.7 Å². The Morgan fingerprint density at radius 1 is 0.700 bits per heavy atom. The van der Waals surface area contributed by atoms with E-state index in [1.165, 1.54) is 26.0 Å². The average Bonchev–Trinajstić information content (AvgIpc) is 4.30. The van der Waals surface area contributed by atoms with Crippen molar-refractivity contribution in [3.8, 4) is 0 Å². The van der Waals surface area contributed by atoms with E-state index in [-0.39, 0.29) is 58.2 Å². The van der Waals surface area contributed by atoms with Crippen LogP contribution in [0.2, 0.25) is 0 Å². The van der Waals surface area contributed by atoms with Crippen LogP contribution >= 0.6 is 31.3 Å². The molecule has 9 heterocycles. The van der Waals surface area contributed by atoms with Gasteiger partial charge in [0.15, 0.2) is 47.1 Å². The molecule has 5 aromatic rings. The zero-order chi connectivity index (χ0) is 58.0. The molecule has 0 radical (unpaired) electrons. The van der Waals surface area contributed by atoms with Gasteiger partial charge in [0.25, 0.3) is 34.6 Å². The third-order valence-electron chi connectivity index (χ3n) is 12.3. The summed E-state index contributed by atoms with van der Waals surface area (Å²) in [5.74, 6) is -0.656. The van der Waals surface area contributed by atoms with Crippen molar-refractivity contribution in [1.29, 1.82) is 0 Å². The Labute approximate surface area is 447 Å². The van der Waals surface area contributed by atoms with Gasteiger partial charge < -0.3 is 98.8 Å². The van der Waals surface area contributed by atoms with Crippen LogP contribution in [0.1, 0.15) is 26.3 Å². The molecule has 0 amide bonds. The zero-order valence-corrected chi connectivity index (χ0v) is 45.4. The number of aliphatic hydroxyl groups is 2.